The molecular weight excluding hydrogens is 227 g/mol. The van der Waals surface area contributed by atoms with E-state index in [-0.39, 0.29) is 13.2 Å². The summed E-state index contributed by atoms with van der Waals surface area (Å²) in [5, 5.41) is 18.0. The second-order valence-corrected chi connectivity index (χ2v) is 3.78. The van der Waals surface area contributed by atoms with Gasteiger partial charge in [0.2, 0.25) is 0 Å². The first-order valence-electron chi connectivity index (χ1n) is 4.67. The van der Waals surface area contributed by atoms with Crippen molar-refractivity contribution in [3.8, 4) is 5.75 Å². The highest BCUT2D eigenvalue weighted by molar-refractivity contribution is 5.76. The van der Waals surface area contributed by atoms with Crippen LogP contribution in [0.2, 0.25) is 0 Å². The van der Waals surface area contributed by atoms with Crippen molar-refractivity contribution in [2.45, 2.75) is 26.9 Å². The minimum atomic E-state index is -1.98. The van der Waals surface area contributed by atoms with Gasteiger partial charge < -0.3 is 14.9 Å². The molecule has 1 rings (SSSR count). The zero-order valence-corrected chi connectivity index (χ0v) is 9.03. The summed E-state index contributed by atoms with van der Waals surface area (Å²) in [6, 6.07) is 4.17. The lowest BCUT2D eigenvalue weighted by Gasteiger charge is -2.18. The van der Waals surface area contributed by atoms with E-state index in [4.69, 9.17) is 9.84 Å². The van der Waals surface area contributed by atoms with Crippen LogP contribution in [-0.4, -0.2) is 28.4 Å². The van der Waals surface area contributed by atoms with E-state index in [1.165, 1.54) is 12.1 Å². The van der Waals surface area contributed by atoms with Crippen LogP contribution in [0.15, 0.2) is 18.2 Å². The van der Waals surface area contributed by atoms with Gasteiger partial charge in [0, 0.05) is 6.07 Å². The molecule has 1 atom stereocenters. The Balaban J connectivity index is 0.00000256. The van der Waals surface area contributed by atoms with Gasteiger partial charge in [0.25, 0.3) is 0 Å². The summed E-state index contributed by atoms with van der Waals surface area (Å²) in [4.78, 5) is 10.6. The molecule has 0 aromatic heterocycles. The molecule has 0 unspecified atom stereocenters. The van der Waals surface area contributed by atoms with Gasteiger partial charge in [-0.3, -0.25) is 0 Å². The molecule has 0 fully saturated rings. The zero-order chi connectivity index (χ0) is 12.3. The molecule has 0 aliphatic carbocycles. The SMILES string of the molecule is C.Cc1ccc(OC[C@@](C)(O)C(=O)O)cc1F. The lowest BCUT2D eigenvalue weighted by atomic mass is 10.1. The summed E-state index contributed by atoms with van der Waals surface area (Å²) in [6.45, 7) is 2.28. The fourth-order valence-corrected chi connectivity index (χ4v) is 0.949. The van der Waals surface area contributed by atoms with E-state index in [1.807, 2.05) is 0 Å². The number of aliphatic hydroxyl groups is 1. The minimum Gasteiger partial charge on any atom is -0.490 e. The topological polar surface area (TPSA) is 66.8 Å². The standard InChI is InChI=1S/C11H13FO4.CH4/c1-7-3-4-8(5-9(7)12)16-6-11(2,15)10(13)14;/h3-5,15H,6H2,1-2H3,(H,13,14);1H4/t11-;/m1./s1. The van der Waals surface area contributed by atoms with E-state index < -0.39 is 24.0 Å². The van der Waals surface area contributed by atoms with Crippen LogP contribution in [0.1, 0.15) is 19.9 Å². The van der Waals surface area contributed by atoms with Gasteiger partial charge in [0.1, 0.15) is 18.2 Å². The van der Waals surface area contributed by atoms with Crippen LogP contribution in [0, 0.1) is 12.7 Å². The van der Waals surface area contributed by atoms with Crippen LogP contribution in [0.25, 0.3) is 0 Å². The highest BCUT2D eigenvalue weighted by atomic mass is 19.1. The van der Waals surface area contributed by atoms with Crippen molar-refractivity contribution in [2.24, 2.45) is 0 Å². The number of benzene rings is 1. The van der Waals surface area contributed by atoms with Crippen molar-refractivity contribution in [3.05, 3.63) is 29.6 Å². The molecule has 1 aromatic carbocycles. The maximum atomic E-state index is 13.1. The van der Waals surface area contributed by atoms with Gasteiger partial charge >= 0.3 is 5.97 Å². The largest absolute Gasteiger partial charge is 0.490 e. The maximum Gasteiger partial charge on any atom is 0.339 e. The number of carboxylic acids is 1. The molecule has 2 N–H and O–H groups in total. The van der Waals surface area contributed by atoms with Gasteiger partial charge in [-0.1, -0.05) is 13.5 Å². The first-order chi connectivity index (χ1) is 7.33. The lowest BCUT2D eigenvalue weighted by molar-refractivity contribution is -0.159. The van der Waals surface area contributed by atoms with Crippen molar-refractivity contribution in [1.29, 1.82) is 0 Å². The van der Waals surface area contributed by atoms with Gasteiger partial charge in [-0.15, -0.1) is 0 Å². The molecule has 0 aliphatic heterocycles. The molecule has 0 saturated carbocycles. The van der Waals surface area contributed by atoms with Gasteiger partial charge in [-0.25, -0.2) is 9.18 Å². The van der Waals surface area contributed by atoms with Crippen LogP contribution in [0.4, 0.5) is 4.39 Å². The predicted molar refractivity (Wildman–Crippen MR) is 61.6 cm³/mol. The Hall–Kier alpha value is -1.62. The number of carboxylic acid groups (broad SMARTS) is 1. The molecule has 4 nitrogen and oxygen atoms in total. The first-order valence-corrected chi connectivity index (χ1v) is 4.67. The number of hydrogen-bond donors (Lipinski definition) is 2. The highest BCUT2D eigenvalue weighted by Crippen LogP contribution is 2.17. The molecule has 0 radical (unpaired) electrons. The number of halogens is 1. The number of hydrogen-bond acceptors (Lipinski definition) is 3. The summed E-state index contributed by atoms with van der Waals surface area (Å²) in [7, 11) is 0. The number of rotatable bonds is 4. The summed E-state index contributed by atoms with van der Waals surface area (Å²) >= 11 is 0. The summed E-state index contributed by atoms with van der Waals surface area (Å²) in [5.41, 5.74) is -1.51. The van der Waals surface area contributed by atoms with Crippen molar-refractivity contribution in [3.63, 3.8) is 0 Å². The van der Waals surface area contributed by atoms with Crippen molar-refractivity contribution in [2.75, 3.05) is 6.61 Å². The van der Waals surface area contributed by atoms with Crippen LogP contribution in [-0.2, 0) is 4.79 Å². The Morgan fingerprint density at radius 1 is 1.53 bits per heavy atom. The number of carbonyl (C=O) groups is 1. The smallest absolute Gasteiger partial charge is 0.339 e. The molecule has 0 heterocycles. The van der Waals surface area contributed by atoms with Gasteiger partial charge in [-0.2, -0.15) is 0 Å². The number of ether oxygens (including phenoxy) is 1. The molecule has 5 heteroatoms. The Kier molecular flexibility index (Phi) is 5.10. The van der Waals surface area contributed by atoms with Gasteiger partial charge in [0.15, 0.2) is 5.60 Å². The molecule has 0 saturated heterocycles. The van der Waals surface area contributed by atoms with Crippen molar-refractivity contribution < 1.29 is 24.1 Å². The molecule has 0 aliphatic rings. The molecule has 0 amide bonds. The normalized spacial score (nSPS) is 13.4. The summed E-state index contributed by atoms with van der Waals surface area (Å²) in [6.07, 6.45) is 0. The molecule has 17 heavy (non-hydrogen) atoms. The molecule has 96 valence electrons. The Morgan fingerprint density at radius 2 is 2.12 bits per heavy atom. The predicted octanol–water partition coefficient (Wildman–Crippen LogP) is 1.98. The average molecular weight is 244 g/mol. The Labute approximate surface area is 99.7 Å². The average Bonchev–Trinajstić information content (AvgIpc) is 2.20. The van der Waals surface area contributed by atoms with Crippen molar-refractivity contribution >= 4 is 5.97 Å². The van der Waals surface area contributed by atoms with Crippen LogP contribution >= 0.6 is 0 Å². The van der Waals surface area contributed by atoms with E-state index in [0.717, 1.165) is 13.0 Å². The summed E-state index contributed by atoms with van der Waals surface area (Å²) in [5.74, 6) is -1.64. The fourth-order valence-electron chi connectivity index (χ4n) is 0.949. The number of aliphatic carboxylic acids is 1. The quantitative estimate of drug-likeness (QED) is 0.850. The third-order valence-electron chi connectivity index (χ3n) is 2.12. The van der Waals surface area contributed by atoms with Crippen LogP contribution < -0.4 is 4.74 Å². The minimum absolute atomic E-state index is 0. The first kappa shape index (κ1) is 15.4. The summed E-state index contributed by atoms with van der Waals surface area (Å²) < 4.78 is 18.1. The fraction of sp³-hybridized carbons (Fsp3) is 0.417. The number of aryl methyl sites for hydroxylation is 1. The highest BCUT2D eigenvalue weighted by Gasteiger charge is 2.30. The van der Waals surface area contributed by atoms with Gasteiger partial charge in [0.05, 0.1) is 0 Å². The van der Waals surface area contributed by atoms with E-state index in [9.17, 15) is 14.3 Å². The van der Waals surface area contributed by atoms with Crippen LogP contribution in [0.5, 0.6) is 5.75 Å². The van der Waals surface area contributed by atoms with E-state index in [2.05, 4.69) is 0 Å². The van der Waals surface area contributed by atoms with E-state index in [1.54, 1.807) is 6.92 Å². The third-order valence-corrected chi connectivity index (χ3v) is 2.12. The van der Waals surface area contributed by atoms with E-state index in [0.29, 0.717) is 5.56 Å². The second-order valence-electron chi connectivity index (χ2n) is 3.78. The molecule has 0 spiro atoms. The van der Waals surface area contributed by atoms with E-state index >= 15 is 0 Å². The van der Waals surface area contributed by atoms with Crippen molar-refractivity contribution in [1.82, 2.24) is 0 Å². The molecular formula is C12H17FO4. The van der Waals surface area contributed by atoms with Crippen LogP contribution in [0.3, 0.4) is 0 Å². The molecule has 1 aromatic rings. The van der Waals surface area contributed by atoms with Gasteiger partial charge in [-0.05, 0) is 25.5 Å². The monoisotopic (exact) mass is 244 g/mol. The Morgan fingerprint density at radius 3 is 2.59 bits per heavy atom. The zero-order valence-electron chi connectivity index (χ0n) is 9.03. The Bertz CT molecular complexity index is 401. The third kappa shape index (κ3) is 4.03. The maximum absolute atomic E-state index is 13.1. The lowest BCUT2D eigenvalue weighted by Crippen LogP contribution is -2.41. The second kappa shape index (κ2) is 5.63. The molecule has 0 bridgehead atoms.